The Balaban J connectivity index is 1.89. The number of nitrogens with one attached hydrogen (secondary N) is 1. The van der Waals surface area contributed by atoms with Gasteiger partial charge in [-0.2, -0.15) is 0 Å². The van der Waals surface area contributed by atoms with E-state index >= 15 is 0 Å². The van der Waals surface area contributed by atoms with Crippen LogP contribution in [-0.4, -0.2) is 36.1 Å². The van der Waals surface area contributed by atoms with E-state index in [4.69, 9.17) is 0 Å². The fourth-order valence-corrected chi connectivity index (χ4v) is 2.89. The molecule has 0 aromatic heterocycles. The summed E-state index contributed by atoms with van der Waals surface area (Å²) in [6.07, 6.45) is 1.49. The van der Waals surface area contributed by atoms with Gasteiger partial charge in [-0.3, -0.25) is 4.90 Å². The lowest BCUT2D eigenvalue weighted by Gasteiger charge is -2.23. The number of hydrogen-bond acceptors (Lipinski definition) is 2. The van der Waals surface area contributed by atoms with Gasteiger partial charge in [0.1, 0.15) is 11.6 Å². The Morgan fingerprint density at radius 2 is 1.90 bits per heavy atom. The maximum atomic E-state index is 13.6. The monoisotopic (exact) mass is 282 g/mol. The molecule has 20 heavy (non-hydrogen) atoms. The molecular weight excluding hydrogens is 258 g/mol. The van der Waals surface area contributed by atoms with Gasteiger partial charge in [-0.1, -0.05) is 6.07 Å². The molecule has 2 atom stereocenters. The number of hydrogen-bond donors (Lipinski definition) is 1. The summed E-state index contributed by atoms with van der Waals surface area (Å²) in [5.41, 5.74) is 0.186. The maximum absolute atomic E-state index is 13.6. The van der Waals surface area contributed by atoms with Gasteiger partial charge in [-0.15, -0.1) is 0 Å². The standard InChI is InChI=1S/C16H24F2N2/c1-11(2)20-8-7-13(10-20)19-12(3)9-14-15(17)5-4-6-16(14)18/h4-6,11-13,19H,7-10H2,1-3H3. The van der Waals surface area contributed by atoms with E-state index in [0.717, 1.165) is 19.5 Å². The highest BCUT2D eigenvalue weighted by Gasteiger charge is 2.25. The largest absolute Gasteiger partial charge is 0.310 e. The zero-order chi connectivity index (χ0) is 14.7. The second-order valence-electron chi connectivity index (χ2n) is 6.05. The molecule has 0 aliphatic carbocycles. The van der Waals surface area contributed by atoms with Crippen molar-refractivity contribution in [3.8, 4) is 0 Å². The zero-order valence-electron chi connectivity index (χ0n) is 12.5. The van der Waals surface area contributed by atoms with Crippen LogP contribution in [0.4, 0.5) is 8.78 Å². The molecule has 0 saturated carbocycles. The number of rotatable bonds is 5. The summed E-state index contributed by atoms with van der Waals surface area (Å²) in [4.78, 5) is 2.42. The summed E-state index contributed by atoms with van der Waals surface area (Å²) in [5.74, 6) is -0.900. The van der Waals surface area contributed by atoms with Crippen LogP contribution in [0.3, 0.4) is 0 Å². The molecule has 0 spiro atoms. The number of benzene rings is 1. The third-order valence-electron chi connectivity index (χ3n) is 4.04. The molecule has 1 fully saturated rings. The summed E-state index contributed by atoms with van der Waals surface area (Å²) < 4.78 is 27.2. The molecule has 112 valence electrons. The third-order valence-corrected chi connectivity index (χ3v) is 4.04. The van der Waals surface area contributed by atoms with E-state index in [9.17, 15) is 8.78 Å². The van der Waals surface area contributed by atoms with Gasteiger partial charge in [0.25, 0.3) is 0 Å². The minimum atomic E-state index is -0.450. The Morgan fingerprint density at radius 3 is 2.45 bits per heavy atom. The van der Waals surface area contributed by atoms with Gasteiger partial charge in [-0.05, 0) is 52.3 Å². The molecule has 1 aliphatic rings. The molecule has 1 aromatic rings. The van der Waals surface area contributed by atoms with Crippen LogP contribution >= 0.6 is 0 Å². The molecule has 1 heterocycles. The quantitative estimate of drug-likeness (QED) is 0.893. The van der Waals surface area contributed by atoms with Crippen molar-refractivity contribution in [1.29, 1.82) is 0 Å². The van der Waals surface area contributed by atoms with Gasteiger partial charge in [0, 0.05) is 30.2 Å². The van der Waals surface area contributed by atoms with Crippen LogP contribution in [0.1, 0.15) is 32.8 Å². The molecule has 4 heteroatoms. The van der Waals surface area contributed by atoms with E-state index in [2.05, 4.69) is 24.1 Å². The molecule has 0 radical (unpaired) electrons. The average molecular weight is 282 g/mol. The first-order chi connectivity index (χ1) is 9.47. The van der Waals surface area contributed by atoms with E-state index in [0.29, 0.717) is 18.5 Å². The molecule has 2 nitrogen and oxygen atoms in total. The second-order valence-corrected chi connectivity index (χ2v) is 6.05. The van der Waals surface area contributed by atoms with Crippen molar-refractivity contribution in [3.63, 3.8) is 0 Å². The minimum Gasteiger partial charge on any atom is -0.310 e. The molecule has 1 aliphatic heterocycles. The number of halogens is 2. The average Bonchev–Trinajstić information content (AvgIpc) is 2.82. The lowest BCUT2D eigenvalue weighted by atomic mass is 10.0. The van der Waals surface area contributed by atoms with Crippen molar-refractivity contribution in [2.75, 3.05) is 13.1 Å². The SMILES string of the molecule is CC(Cc1c(F)cccc1F)NC1CCN(C(C)C)C1. The Labute approximate surface area is 120 Å². The molecule has 1 saturated heterocycles. The highest BCUT2D eigenvalue weighted by Crippen LogP contribution is 2.16. The molecule has 1 aromatic carbocycles. The van der Waals surface area contributed by atoms with Crippen LogP contribution in [0.2, 0.25) is 0 Å². The highest BCUT2D eigenvalue weighted by molar-refractivity contribution is 5.20. The highest BCUT2D eigenvalue weighted by atomic mass is 19.1. The molecule has 2 unspecified atom stereocenters. The minimum absolute atomic E-state index is 0.0681. The second kappa shape index (κ2) is 6.64. The van der Waals surface area contributed by atoms with Crippen molar-refractivity contribution in [2.24, 2.45) is 0 Å². The molecule has 0 bridgehead atoms. The van der Waals surface area contributed by atoms with Gasteiger partial charge in [0.05, 0.1) is 0 Å². The van der Waals surface area contributed by atoms with Gasteiger partial charge in [0.15, 0.2) is 0 Å². The van der Waals surface area contributed by atoms with E-state index in [1.54, 1.807) is 0 Å². The van der Waals surface area contributed by atoms with Crippen LogP contribution in [0.25, 0.3) is 0 Å². The third kappa shape index (κ3) is 3.76. The Hall–Kier alpha value is -1.00. The maximum Gasteiger partial charge on any atom is 0.129 e. The van der Waals surface area contributed by atoms with Gasteiger partial charge < -0.3 is 5.32 Å². The van der Waals surface area contributed by atoms with Gasteiger partial charge in [0.2, 0.25) is 0 Å². The molecule has 0 amide bonds. The van der Waals surface area contributed by atoms with Gasteiger partial charge in [-0.25, -0.2) is 8.78 Å². The number of likely N-dealkylation sites (tertiary alicyclic amines) is 1. The first-order valence-corrected chi connectivity index (χ1v) is 7.40. The van der Waals surface area contributed by atoms with E-state index in [1.165, 1.54) is 18.2 Å². The van der Waals surface area contributed by atoms with Crippen molar-refractivity contribution in [1.82, 2.24) is 10.2 Å². The Kier molecular flexibility index (Phi) is 5.11. The zero-order valence-corrected chi connectivity index (χ0v) is 12.5. The van der Waals surface area contributed by atoms with Gasteiger partial charge >= 0.3 is 0 Å². The van der Waals surface area contributed by atoms with Crippen LogP contribution in [0, 0.1) is 11.6 Å². The first-order valence-electron chi connectivity index (χ1n) is 7.40. The predicted octanol–water partition coefficient (Wildman–Crippen LogP) is 2.97. The van der Waals surface area contributed by atoms with E-state index in [-0.39, 0.29) is 11.6 Å². The van der Waals surface area contributed by atoms with Crippen molar-refractivity contribution >= 4 is 0 Å². The van der Waals surface area contributed by atoms with Crippen LogP contribution in [0.5, 0.6) is 0 Å². The first kappa shape index (κ1) is 15.4. The van der Waals surface area contributed by atoms with Crippen molar-refractivity contribution in [2.45, 2.75) is 51.7 Å². The van der Waals surface area contributed by atoms with Crippen molar-refractivity contribution < 1.29 is 8.78 Å². The topological polar surface area (TPSA) is 15.3 Å². The summed E-state index contributed by atoms with van der Waals surface area (Å²) in [7, 11) is 0. The van der Waals surface area contributed by atoms with Crippen molar-refractivity contribution in [3.05, 3.63) is 35.4 Å². The summed E-state index contributed by atoms with van der Waals surface area (Å²) in [6.45, 7) is 8.49. The summed E-state index contributed by atoms with van der Waals surface area (Å²) >= 11 is 0. The van der Waals surface area contributed by atoms with Crippen LogP contribution < -0.4 is 5.32 Å². The van der Waals surface area contributed by atoms with Crippen LogP contribution in [0.15, 0.2) is 18.2 Å². The predicted molar refractivity (Wildman–Crippen MR) is 77.8 cm³/mol. The lowest BCUT2D eigenvalue weighted by Crippen LogP contribution is -2.40. The lowest BCUT2D eigenvalue weighted by molar-refractivity contribution is 0.265. The summed E-state index contributed by atoms with van der Waals surface area (Å²) in [6, 6.07) is 5.09. The fourth-order valence-electron chi connectivity index (χ4n) is 2.89. The Bertz CT molecular complexity index is 428. The van der Waals surface area contributed by atoms with E-state index in [1.807, 2.05) is 6.92 Å². The normalized spacial score (nSPS) is 21.6. The smallest absolute Gasteiger partial charge is 0.129 e. The molecule has 2 rings (SSSR count). The number of nitrogens with zero attached hydrogens (tertiary/aromatic N) is 1. The summed E-state index contributed by atoms with van der Waals surface area (Å²) in [5, 5.41) is 3.49. The molecular formula is C16H24F2N2. The molecule has 1 N–H and O–H groups in total. The fraction of sp³-hybridized carbons (Fsp3) is 0.625. The Morgan fingerprint density at radius 1 is 1.25 bits per heavy atom. The van der Waals surface area contributed by atoms with E-state index < -0.39 is 11.6 Å². The van der Waals surface area contributed by atoms with Crippen LogP contribution in [-0.2, 0) is 6.42 Å².